The summed E-state index contributed by atoms with van der Waals surface area (Å²) >= 11 is 8.76. The standard InChI is InChI=1S/C23H17ClN4O2S2/c1-13-14(2)32-21-19(13)20(30)27(17-6-4-3-5-7-17)22-25-26-23(28(21)22)31-12-18(29)15-8-10-16(24)11-9-15/h3-11H,12H2,1-2H3. The molecule has 5 rings (SSSR count). The highest BCUT2D eigenvalue weighted by Crippen LogP contribution is 2.32. The van der Waals surface area contributed by atoms with Crippen LogP contribution in [0, 0.1) is 13.8 Å². The van der Waals surface area contributed by atoms with Crippen molar-refractivity contribution in [1.29, 1.82) is 0 Å². The molecule has 0 atom stereocenters. The summed E-state index contributed by atoms with van der Waals surface area (Å²) in [4.78, 5) is 28.0. The fourth-order valence-electron chi connectivity index (χ4n) is 3.56. The minimum Gasteiger partial charge on any atom is -0.293 e. The highest BCUT2D eigenvalue weighted by molar-refractivity contribution is 7.99. The van der Waals surface area contributed by atoms with Gasteiger partial charge in [0, 0.05) is 15.5 Å². The predicted octanol–water partition coefficient (Wildman–Crippen LogP) is 5.34. The van der Waals surface area contributed by atoms with E-state index in [-0.39, 0.29) is 17.1 Å². The number of thioether (sulfide) groups is 1. The van der Waals surface area contributed by atoms with Crippen LogP contribution in [-0.4, -0.2) is 30.7 Å². The second kappa shape index (κ2) is 8.20. The molecule has 5 aromatic rings. The van der Waals surface area contributed by atoms with Crippen molar-refractivity contribution in [3.05, 3.63) is 86.0 Å². The van der Waals surface area contributed by atoms with Crippen LogP contribution in [0.3, 0.4) is 0 Å². The minimum atomic E-state index is -0.123. The van der Waals surface area contributed by atoms with Crippen LogP contribution in [-0.2, 0) is 0 Å². The van der Waals surface area contributed by atoms with Gasteiger partial charge < -0.3 is 0 Å². The molecule has 3 aromatic heterocycles. The molecule has 0 aliphatic heterocycles. The van der Waals surface area contributed by atoms with Crippen molar-refractivity contribution in [2.45, 2.75) is 19.0 Å². The molecule has 0 saturated carbocycles. The van der Waals surface area contributed by atoms with E-state index in [9.17, 15) is 9.59 Å². The number of benzene rings is 2. The lowest BCUT2D eigenvalue weighted by molar-refractivity contribution is 0.102. The number of carbonyl (C=O) groups is 1. The number of nitrogens with zero attached hydrogens (tertiary/aromatic N) is 4. The minimum absolute atomic E-state index is 0.0328. The topological polar surface area (TPSA) is 69.3 Å². The number of halogens is 1. The fourth-order valence-corrected chi connectivity index (χ4v) is 5.72. The summed E-state index contributed by atoms with van der Waals surface area (Å²) in [5, 5.41) is 10.5. The molecule has 0 saturated heterocycles. The van der Waals surface area contributed by atoms with Gasteiger partial charge in [0.1, 0.15) is 4.83 Å². The summed E-state index contributed by atoms with van der Waals surface area (Å²) in [5.41, 5.74) is 2.13. The third-order valence-electron chi connectivity index (χ3n) is 5.32. The van der Waals surface area contributed by atoms with E-state index >= 15 is 0 Å². The number of aromatic nitrogens is 4. The number of hydrogen-bond donors (Lipinski definition) is 0. The number of rotatable bonds is 5. The van der Waals surface area contributed by atoms with Crippen molar-refractivity contribution in [2.24, 2.45) is 0 Å². The van der Waals surface area contributed by atoms with Crippen LogP contribution in [0.4, 0.5) is 0 Å². The molecular formula is C23H17ClN4O2S2. The van der Waals surface area contributed by atoms with Crippen molar-refractivity contribution in [2.75, 3.05) is 5.75 Å². The number of fused-ring (bicyclic) bond motifs is 3. The second-order valence-corrected chi connectivity index (χ2v) is 9.86. The number of carbonyl (C=O) groups excluding carboxylic acids is 1. The lowest BCUT2D eigenvalue weighted by Crippen LogP contribution is -2.21. The molecule has 3 heterocycles. The van der Waals surface area contributed by atoms with Gasteiger partial charge in [-0.2, -0.15) is 0 Å². The van der Waals surface area contributed by atoms with Crippen molar-refractivity contribution in [3.63, 3.8) is 0 Å². The van der Waals surface area contributed by atoms with E-state index in [1.165, 1.54) is 23.1 Å². The zero-order valence-electron chi connectivity index (χ0n) is 17.2. The molecule has 0 unspecified atom stereocenters. The molecule has 0 fully saturated rings. The summed E-state index contributed by atoms with van der Waals surface area (Å²) in [6.07, 6.45) is 0. The molecule has 0 bridgehead atoms. The highest BCUT2D eigenvalue weighted by Gasteiger charge is 2.22. The van der Waals surface area contributed by atoms with E-state index in [1.807, 2.05) is 48.6 Å². The summed E-state index contributed by atoms with van der Waals surface area (Å²) in [5.74, 6) is 0.587. The lowest BCUT2D eigenvalue weighted by Gasteiger charge is -2.09. The first-order chi connectivity index (χ1) is 15.5. The van der Waals surface area contributed by atoms with E-state index in [0.717, 1.165) is 15.3 Å². The van der Waals surface area contributed by atoms with Crippen LogP contribution >= 0.6 is 34.7 Å². The van der Waals surface area contributed by atoms with Crippen LogP contribution in [0.25, 0.3) is 21.7 Å². The van der Waals surface area contributed by atoms with E-state index in [2.05, 4.69) is 10.2 Å². The zero-order chi connectivity index (χ0) is 22.4. The first kappa shape index (κ1) is 20.9. The molecule has 0 aliphatic rings. The van der Waals surface area contributed by atoms with Gasteiger partial charge in [-0.15, -0.1) is 21.5 Å². The Morgan fingerprint density at radius 2 is 1.78 bits per heavy atom. The molecule has 0 N–H and O–H groups in total. The summed E-state index contributed by atoms with van der Waals surface area (Å²) in [6, 6.07) is 16.2. The van der Waals surface area contributed by atoms with Crippen LogP contribution in [0.2, 0.25) is 5.02 Å². The Morgan fingerprint density at radius 3 is 2.50 bits per heavy atom. The summed E-state index contributed by atoms with van der Waals surface area (Å²) in [6.45, 7) is 3.96. The molecule has 6 nitrogen and oxygen atoms in total. The van der Waals surface area contributed by atoms with Gasteiger partial charge in [0.15, 0.2) is 10.9 Å². The molecule has 0 radical (unpaired) electrons. The third-order valence-corrected chi connectivity index (χ3v) is 7.69. The van der Waals surface area contributed by atoms with Crippen LogP contribution in [0.15, 0.2) is 64.5 Å². The smallest absolute Gasteiger partial charge is 0.268 e. The molecule has 0 aliphatic carbocycles. The average molecular weight is 481 g/mol. The van der Waals surface area contributed by atoms with E-state index < -0.39 is 0 Å². The highest BCUT2D eigenvalue weighted by atomic mass is 35.5. The monoisotopic (exact) mass is 480 g/mol. The van der Waals surface area contributed by atoms with Gasteiger partial charge in [-0.1, -0.05) is 41.6 Å². The largest absolute Gasteiger partial charge is 0.293 e. The zero-order valence-corrected chi connectivity index (χ0v) is 19.6. The number of thiophene rings is 1. The number of Topliss-reactive ketones (excluding diaryl/α,β-unsaturated/α-hetero) is 1. The lowest BCUT2D eigenvalue weighted by atomic mass is 10.1. The summed E-state index contributed by atoms with van der Waals surface area (Å²) in [7, 11) is 0. The van der Waals surface area contributed by atoms with Crippen molar-refractivity contribution < 1.29 is 4.79 Å². The maximum Gasteiger partial charge on any atom is 0.268 e. The number of para-hydroxylation sites is 1. The van der Waals surface area contributed by atoms with Crippen LogP contribution in [0.5, 0.6) is 0 Å². The van der Waals surface area contributed by atoms with E-state index in [0.29, 0.717) is 32.6 Å². The molecule has 0 spiro atoms. The van der Waals surface area contributed by atoms with E-state index in [1.54, 1.807) is 28.8 Å². The van der Waals surface area contributed by atoms with Crippen LogP contribution in [0.1, 0.15) is 20.8 Å². The molecule has 2 aromatic carbocycles. The molecular weight excluding hydrogens is 464 g/mol. The maximum atomic E-state index is 13.5. The fraction of sp³-hybridized carbons (Fsp3) is 0.130. The quantitative estimate of drug-likeness (QED) is 0.251. The van der Waals surface area contributed by atoms with Crippen LogP contribution < -0.4 is 5.56 Å². The Kier molecular flexibility index (Phi) is 5.36. The van der Waals surface area contributed by atoms with Gasteiger partial charge in [0.2, 0.25) is 5.78 Å². The number of aryl methyl sites for hydroxylation is 2. The molecule has 32 heavy (non-hydrogen) atoms. The third kappa shape index (κ3) is 3.44. The van der Waals surface area contributed by atoms with Gasteiger partial charge in [0.25, 0.3) is 5.56 Å². The molecule has 9 heteroatoms. The molecule has 160 valence electrons. The predicted molar refractivity (Wildman–Crippen MR) is 130 cm³/mol. The Morgan fingerprint density at radius 1 is 1.06 bits per heavy atom. The first-order valence-corrected chi connectivity index (χ1v) is 12.0. The van der Waals surface area contributed by atoms with Crippen molar-refractivity contribution >= 4 is 56.5 Å². The van der Waals surface area contributed by atoms with Crippen molar-refractivity contribution in [1.82, 2.24) is 19.2 Å². The number of hydrogen-bond acceptors (Lipinski definition) is 6. The number of ketones is 1. The second-order valence-electron chi connectivity index (χ2n) is 7.28. The normalized spacial score (nSPS) is 11.5. The van der Waals surface area contributed by atoms with E-state index in [4.69, 9.17) is 11.6 Å². The SMILES string of the molecule is Cc1sc2c(c1C)c(=O)n(-c1ccccc1)c1nnc(SCC(=O)c3ccc(Cl)cc3)n21. The van der Waals surface area contributed by atoms with Gasteiger partial charge in [-0.3, -0.25) is 9.59 Å². The van der Waals surface area contributed by atoms with Gasteiger partial charge in [-0.05, 0) is 55.8 Å². The van der Waals surface area contributed by atoms with Crippen molar-refractivity contribution in [3.8, 4) is 5.69 Å². The summed E-state index contributed by atoms with van der Waals surface area (Å²) < 4.78 is 3.47. The maximum absolute atomic E-state index is 13.5. The van der Waals surface area contributed by atoms with Gasteiger partial charge in [-0.25, -0.2) is 8.97 Å². The van der Waals surface area contributed by atoms with Gasteiger partial charge >= 0.3 is 0 Å². The average Bonchev–Trinajstić information content (AvgIpc) is 3.34. The van der Waals surface area contributed by atoms with Gasteiger partial charge in [0.05, 0.1) is 16.8 Å². The Balaban J connectivity index is 1.65. The first-order valence-electron chi connectivity index (χ1n) is 9.82. The Labute approximate surface area is 196 Å². The Bertz CT molecular complexity index is 1540. The molecule has 0 amide bonds. The Hall–Kier alpha value is -2.94.